The number of rotatable bonds is 5. The Morgan fingerprint density at radius 2 is 1.68 bits per heavy atom. The van der Waals surface area contributed by atoms with Gasteiger partial charge >= 0.3 is 0 Å². The quantitative estimate of drug-likeness (QED) is 0.484. The fourth-order valence-corrected chi connectivity index (χ4v) is 4.04. The van der Waals surface area contributed by atoms with Crippen LogP contribution in [0.4, 0.5) is 11.8 Å². The molecule has 0 bridgehead atoms. The number of piperidine rings is 1. The summed E-state index contributed by atoms with van der Waals surface area (Å²) in [5.74, 6) is 3.01. The van der Waals surface area contributed by atoms with E-state index >= 15 is 0 Å². The average Bonchev–Trinajstić information content (AvgIpc) is 2.84. The van der Waals surface area contributed by atoms with E-state index in [2.05, 4.69) is 42.8 Å². The molecule has 0 aliphatic carbocycles. The van der Waals surface area contributed by atoms with Crippen molar-refractivity contribution < 1.29 is 4.74 Å². The summed E-state index contributed by atoms with van der Waals surface area (Å²) in [7, 11) is 2.06. The monoisotopic (exact) mass is 412 g/mol. The summed E-state index contributed by atoms with van der Waals surface area (Å²) in [5, 5.41) is 1.10. The lowest BCUT2D eigenvalue weighted by atomic mass is 10.0. The Morgan fingerprint density at radius 3 is 2.52 bits per heavy atom. The van der Waals surface area contributed by atoms with Crippen molar-refractivity contribution in [2.24, 2.45) is 0 Å². The lowest BCUT2D eigenvalue weighted by Crippen LogP contribution is -2.44. The van der Waals surface area contributed by atoms with Crippen LogP contribution in [0.15, 0.2) is 73.2 Å². The van der Waals surface area contributed by atoms with Crippen molar-refractivity contribution >= 4 is 22.7 Å². The van der Waals surface area contributed by atoms with Gasteiger partial charge in [0.05, 0.1) is 5.52 Å². The highest BCUT2D eigenvalue weighted by molar-refractivity contribution is 5.89. The second-order valence-corrected chi connectivity index (χ2v) is 7.65. The molecular weight excluding hydrogens is 388 g/mol. The fourth-order valence-electron chi connectivity index (χ4n) is 4.04. The molecule has 31 heavy (non-hydrogen) atoms. The number of nitrogens with zero attached hydrogens (tertiary/aromatic N) is 6. The van der Waals surface area contributed by atoms with Crippen LogP contribution in [0.5, 0.6) is 11.6 Å². The van der Waals surface area contributed by atoms with E-state index in [1.165, 1.54) is 0 Å². The largest absolute Gasteiger partial charge is 0.439 e. The van der Waals surface area contributed by atoms with Gasteiger partial charge in [0.25, 0.3) is 0 Å². The van der Waals surface area contributed by atoms with Crippen LogP contribution >= 0.6 is 0 Å². The molecule has 7 nitrogen and oxygen atoms in total. The van der Waals surface area contributed by atoms with Crippen molar-refractivity contribution in [1.29, 1.82) is 0 Å². The van der Waals surface area contributed by atoms with E-state index < -0.39 is 0 Å². The van der Waals surface area contributed by atoms with E-state index in [0.717, 1.165) is 48.4 Å². The van der Waals surface area contributed by atoms with Crippen molar-refractivity contribution in [2.45, 2.75) is 18.9 Å². The lowest BCUT2D eigenvalue weighted by molar-refractivity contribution is 0.452. The summed E-state index contributed by atoms with van der Waals surface area (Å²) in [4.78, 5) is 22.6. The third-order valence-corrected chi connectivity index (χ3v) is 5.73. The van der Waals surface area contributed by atoms with Crippen molar-refractivity contribution in [3.63, 3.8) is 0 Å². The van der Waals surface area contributed by atoms with Crippen LogP contribution in [0.2, 0.25) is 0 Å². The smallest absolute Gasteiger partial charge is 0.228 e. The van der Waals surface area contributed by atoms with E-state index in [4.69, 9.17) is 4.74 Å². The first-order chi connectivity index (χ1) is 15.3. The number of para-hydroxylation sites is 2. The molecule has 0 atom stereocenters. The van der Waals surface area contributed by atoms with Crippen LogP contribution < -0.4 is 14.5 Å². The van der Waals surface area contributed by atoms with Gasteiger partial charge in [-0.25, -0.2) is 15.0 Å². The molecule has 1 aliphatic rings. The Hall–Kier alpha value is -3.74. The van der Waals surface area contributed by atoms with Crippen molar-refractivity contribution in [3.8, 4) is 11.6 Å². The van der Waals surface area contributed by atoms with E-state index in [9.17, 15) is 0 Å². The van der Waals surface area contributed by atoms with Gasteiger partial charge in [0, 0.05) is 43.8 Å². The molecule has 1 saturated heterocycles. The first-order valence-electron chi connectivity index (χ1n) is 10.5. The Labute approximate surface area is 181 Å². The minimum atomic E-state index is 0.358. The highest BCUT2D eigenvalue weighted by Crippen LogP contribution is 2.28. The number of aromatic nitrogens is 4. The molecule has 4 aromatic rings. The number of benzene rings is 2. The van der Waals surface area contributed by atoms with Gasteiger partial charge in [-0.15, -0.1) is 0 Å². The highest BCUT2D eigenvalue weighted by Gasteiger charge is 2.25. The molecule has 1 aliphatic heterocycles. The summed E-state index contributed by atoms with van der Waals surface area (Å²) in [6.45, 7) is 1.85. The molecule has 156 valence electrons. The molecule has 1 fully saturated rings. The van der Waals surface area contributed by atoms with Crippen molar-refractivity contribution in [3.05, 3.63) is 73.2 Å². The van der Waals surface area contributed by atoms with Gasteiger partial charge in [-0.3, -0.25) is 0 Å². The average molecular weight is 412 g/mol. The Kier molecular flexibility index (Phi) is 5.31. The normalized spacial score (nSPS) is 14.5. The van der Waals surface area contributed by atoms with Gasteiger partial charge in [-0.2, -0.15) is 4.98 Å². The summed E-state index contributed by atoms with van der Waals surface area (Å²) in [6.07, 6.45) is 5.41. The Bertz CT molecular complexity index is 1160. The summed E-state index contributed by atoms with van der Waals surface area (Å²) >= 11 is 0. The summed E-state index contributed by atoms with van der Waals surface area (Å²) in [5.41, 5.74) is 0.982. The molecule has 7 heteroatoms. The summed E-state index contributed by atoms with van der Waals surface area (Å²) < 4.78 is 5.87. The standard InChI is InChI=1S/C24H24N6O/c1-29(24-25-14-11-22(28-24)31-19-7-3-2-4-8-19)18-12-15-30(16-13-18)23-20-9-5-6-10-21(20)26-17-27-23/h2-11,14,17-18H,12-13,15-16H2,1H3. The Morgan fingerprint density at radius 1 is 0.903 bits per heavy atom. The van der Waals surface area contributed by atoms with Crippen LogP contribution in [0.1, 0.15) is 12.8 Å². The van der Waals surface area contributed by atoms with Crippen molar-refractivity contribution in [2.75, 3.05) is 29.9 Å². The second kappa shape index (κ2) is 8.55. The lowest BCUT2D eigenvalue weighted by Gasteiger charge is -2.37. The minimum Gasteiger partial charge on any atom is -0.439 e. The van der Waals surface area contributed by atoms with E-state index in [1.807, 2.05) is 48.5 Å². The first kappa shape index (κ1) is 19.2. The highest BCUT2D eigenvalue weighted by atomic mass is 16.5. The number of fused-ring (bicyclic) bond motifs is 1. The third kappa shape index (κ3) is 4.12. The fraction of sp³-hybridized carbons (Fsp3) is 0.250. The molecule has 5 rings (SSSR count). The first-order valence-corrected chi connectivity index (χ1v) is 10.5. The van der Waals surface area contributed by atoms with Crippen LogP contribution in [0.3, 0.4) is 0 Å². The number of hydrogen-bond donors (Lipinski definition) is 0. The molecule has 0 saturated carbocycles. The van der Waals surface area contributed by atoms with Gasteiger partial charge in [-0.1, -0.05) is 30.3 Å². The van der Waals surface area contributed by atoms with E-state index in [-0.39, 0.29) is 0 Å². The topological polar surface area (TPSA) is 67.3 Å². The predicted molar refractivity (Wildman–Crippen MR) is 122 cm³/mol. The molecule has 0 spiro atoms. The van der Waals surface area contributed by atoms with E-state index in [1.54, 1.807) is 18.6 Å². The van der Waals surface area contributed by atoms with Gasteiger partial charge in [0.15, 0.2) is 0 Å². The SMILES string of the molecule is CN(c1nccc(Oc2ccccc2)n1)C1CCN(c2ncnc3ccccc23)CC1. The van der Waals surface area contributed by atoms with Crippen LogP contribution in [-0.2, 0) is 0 Å². The molecule has 0 N–H and O–H groups in total. The maximum Gasteiger partial charge on any atom is 0.228 e. The third-order valence-electron chi connectivity index (χ3n) is 5.73. The minimum absolute atomic E-state index is 0.358. The molecule has 2 aromatic carbocycles. The molecule has 0 amide bonds. The Balaban J connectivity index is 1.27. The maximum absolute atomic E-state index is 5.87. The van der Waals surface area contributed by atoms with Gasteiger partial charge in [0.2, 0.25) is 11.8 Å². The molecule has 3 heterocycles. The number of ether oxygens (including phenoxy) is 1. The zero-order valence-electron chi connectivity index (χ0n) is 17.4. The van der Waals surface area contributed by atoms with Gasteiger partial charge in [-0.05, 0) is 37.1 Å². The predicted octanol–water partition coefficient (Wildman–Crippen LogP) is 4.32. The molecule has 2 aromatic heterocycles. The summed E-state index contributed by atoms with van der Waals surface area (Å²) in [6, 6.07) is 20.0. The zero-order chi connectivity index (χ0) is 21.0. The van der Waals surface area contributed by atoms with Crippen LogP contribution in [0.25, 0.3) is 10.9 Å². The second-order valence-electron chi connectivity index (χ2n) is 7.65. The van der Waals surface area contributed by atoms with Crippen LogP contribution in [-0.4, -0.2) is 46.1 Å². The molecular formula is C24H24N6O. The van der Waals surface area contributed by atoms with Gasteiger partial charge < -0.3 is 14.5 Å². The number of hydrogen-bond acceptors (Lipinski definition) is 7. The van der Waals surface area contributed by atoms with Crippen molar-refractivity contribution in [1.82, 2.24) is 19.9 Å². The maximum atomic E-state index is 5.87. The van der Waals surface area contributed by atoms with Crippen LogP contribution in [0, 0.1) is 0 Å². The zero-order valence-corrected chi connectivity index (χ0v) is 17.4. The van der Waals surface area contributed by atoms with E-state index in [0.29, 0.717) is 17.9 Å². The number of anilines is 2. The molecule has 0 unspecified atom stereocenters. The van der Waals surface area contributed by atoms with Gasteiger partial charge in [0.1, 0.15) is 17.9 Å². The molecule has 0 radical (unpaired) electrons.